The molecule has 0 saturated heterocycles. The van der Waals surface area contributed by atoms with E-state index in [2.05, 4.69) is 38.2 Å². The molecule has 0 atom stereocenters. The molecule has 0 aliphatic rings. The first-order valence-corrected chi connectivity index (χ1v) is 6.63. The minimum Gasteiger partial charge on any atom is -0.496 e. The number of hydrogen-bond donors (Lipinski definition) is 2. The highest BCUT2D eigenvalue weighted by Gasteiger charge is 2.16. The van der Waals surface area contributed by atoms with Crippen molar-refractivity contribution in [1.29, 1.82) is 0 Å². The predicted octanol–water partition coefficient (Wildman–Crippen LogP) is 3.04. The summed E-state index contributed by atoms with van der Waals surface area (Å²) in [5.41, 5.74) is 8.23. The van der Waals surface area contributed by atoms with Gasteiger partial charge >= 0.3 is 0 Å². The minimum absolute atomic E-state index is 0.223. The third-order valence-electron chi connectivity index (χ3n) is 3.25. The van der Waals surface area contributed by atoms with Crippen molar-refractivity contribution in [1.82, 2.24) is 0 Å². The van der Waals surface area contributed by atoms with Crippen LogP contribution in [0.5, 0.6) is 5.75 Å². The monoisotopic (exact) mass is 250 g/mol. The Labute approximate surface area is 111 Å². The van der Waals surface area contributed by atoms with E-state index in [4.69, 9.17) is 10.5 Å². The van der Waals surface area contributed by atoms with Gasteiger partial charge < -0.3 is 15.8 Å². The van der Waals surface area contributed by atoms with E-state index in [1.165, 1.54) is 5.56 Å². The van der Waals surface area contributed by atoms with Crippen molar-refractivity contribution in [3.05, 3.63) is 23.8 Å². The molecule has 0 aliphatic carbocycles. The molecule has 3 heteroatoms. The standard InChI is InChI=1S/C15H26N2O/c1-5-12-10-13(6-7-14(12)18-4)17-11-15(2,3)8-9-16/h6-7,10,17H,5,8-9,11,16H2,1-4H3. The first-order chi connectivity index (χ1) is 8.52. The predicted molar refractivity (Wildman–Crippen MR) is 78.3 cm³/mol. The summed E-state index contributed by atoms with van der Waals surface area (Å²) in [4.78, 5) is 0. The molecule has 0 saturated carbocycles. The molecular weight excluding hydrogens is 224 g/mol. The Kier molecular flexibility index (Phi) is 5.48. The number of methoxy groups -OCH3 is 1. The highest BCUT2D eigenvalue weighted by molar-refractivity contribution is 5.51. The van der Waals surface area contributed by atoms with Gasteiger partial charge in [-0.2, -0.15) is 0 Å². The topological polar surface area (TPSA) is 47.3 Å². The van der Waals surface area contributed by atoms with Crippen LogP contribution in [0, 0.1) is 5.41 Å². The van der Waals surface area contributed by atoms with Crippen LogP contribution in [-0.4, -0.2) is 20.2 Å². The maximum Gasteiger partial charge on any atom is 0.122 e. The van der Waals surface area contributed by atoms with Gasteiger partial charge in [0.25, 0.3) is 0 Å². The fourth-order valence-electron chi connectivity index (χ4n) is 1.99. The smallest absolute Gasteiger partial charge is 0.122 e. The zero-order valence-corrected chi connectivity index (χ0v) is 12.0. The summed E-state index contributed by atoms with van der Waals surface area (Å²) in [6.45, 7) is 8.27. The molecule has 1 rings (SSSR count). The van der Waals surface area contributed by atoms with E-state index in [9.17, 15) is 0 Å². The van der Waals surface area contributed by atoms with Gasteiger partial charge in [-0.15, -0.1) is 0 Å². The van der Waals surface area contributed by atoms with Gasteiger partial charge in [0.05, 0.1) is 7.11 Å². The van der Waals surface area contributed by atoms with Gasteiger partial charge in [-0.25, -0.2) is 0 Å². The summed E-state index contributed by atoms with van der Waals surface area (Å²) in [7, 11) is 1.71. The zero-order chi connectivity index (χ0) is 13.6. The van der Waals surface area contributed by atoms with Crippen molar-refractivity contribution >= 4 is 5.69 Å². The lowest BCUT2D eigenvalue weighted by atomic mass is 9.89. The summed E-state index contributed by atoms with van der Waals surface area (Å²) in [5, 5.41) is 3.48. The van der Waals surface area contributed by atoms with Crippen LogP contribution in [0.4, 0.5) is 5.69 Å². The third-order valence-corrected chi connectivity index (χ3v) is 3.25. The Hall–Kier alpha value is -1.22. The number of nitrogens with one attached hydrogen (secondary N) is 1. The molecule has 0 bridgehead atoms. The fourth-order valence-corrected chi connectivity index (χ4v) is 1.99. The summed E-state index contributed by atoms with van der Waals surface area (Å²) in [5.74, 6) is 0.962. The van der Waals surface area contributed by atoms with Crippen LogP contribution in [0.2, 0.25) is 0 Å². The maximum atomic E-state index is 5.62. The van der Waals surface area contributed by atoms with Gasteiger partial charge in [0, 0.05) is 12.2 Å². The number of hydrogen-bond acceptors (Lipinski definition) is 3. The normalized spacial score (nSPS) is 11.4. The molecule has 0 aliphatic heterocycles. The van der Waals surface area contributed by atoms with Gasteiger partial charge in [0.1, 0.15) is 5.75 Å². The van der Waals surface area contributed by atoms with Gasteiger partial charge in [-0.3, -0.25) is 0 Å². The first-order valence-electron chi connectivity index (χ1n) is 6.63. The Morgan fingerprint density at radius 3 is 2.61 bits per heavy atom. The van der Waals surface area contributed by atoms with Crippen LogP contribution in [0.3, 0.4) is 0 Å². The average molecular weight is 250 g/mol. The van der Waals surface area contributed by atoms with Crippen LogP contribution >= 0.6 is 0 Å². The lowest BCUT2D eigenvalue weighted by Crippen LogP contribution is -2.26. The largest absolute Gasteiger partial charge is 0.496 e. The highest BCUT2D eigenvalue weighted by atomic mass is 16.5. The van der Waals surface area contributed by atoms with Crippen molar-refractivity contribution in [2.75, 3.05) is 25.5 Å². The van der Waals surface area contributed by atoms with Crippen LogP contribution in [-0.2, 0) is 6.42 Å². The maximum absolute atomic E-state index is 5.62. The molecule has 0 fully saturated rings. The van der Waals surface area contributed by atoms with Crippen molar-refractivity contribution in [2.24, 2.45) is 11.1 Å². The van der Waals surface area contributed by atoms with Crippen molar-refractivity contribution in [2.45, 2.75) is 33.6 Å². The van der Waals surface area contributed by atoms with E-state index < -0.39 is 0 Å². The number of aryl methyl sites for hydroxylation is 1. The van der Waals surface area contributed by atoms with Gasteiger partial charge in [0.15, 0.2) is 0 Å². The number of ether oxygens (including phenoxy) is 1. The summed E-state index contributed by atoms with van der Waals surface area (Å²) < 4.78 is 5.33. The van der Waals surface area contributed by atoms with E-state index in [-0.39, 0.29) is 5.41 Å². The molecule has 1 aromatic rings. The Morgan fingerprint density at radius 2 is 2.06 bits per heavy atom. The number of anilines is 1. The van der Waals surface area contributed by atoms with E-state index in [1.54, 1.807) is 7.11 Å². The van der Waals surface area contributed by atoms with Crippen molar-refractivity contribution in [3.8, 4) is 5.75 Å². The lowest BCUT2D eigenvalue weighted by molar-refractivity contribution is 0.365. The van der Waals surface area contributed by atoms with E-state index in [1.807, 2.05) is 6.07 Å². The lowest BCUT2D eigenvalue weighted by Gasteiger charge is -2.25. The van der Waals surface area contributed by atoms with Crippen LogP contribution in [0.25, 0.3) is 0 Å². The molecule has 18 heavy (non-hydrogen) atoms. The van der Waals surface area contributed by atoms with Crippen LogP contribution < -0.4 is 15.8 Å². The minimum atomic E-state index is 0.223. The summed E-state index contributed by atoms with van der Waals surface area (Å²) in [6, 6.07) is 6.25. The van der Waals surface area contributed by atoms with Crippen molar-refractivity contribution < 1.29 is 4.74 Å². The van der Waals surface area contributed by atoms with Crippen molar-refractivity contribution in [3.63, 3.8) is 0 Å². The molecular formula is C15H26N2O. The molecule has 3 N–H and O–H groups in total. The van der Waals surface area contributed by atoms with Gasteiger partial charge in [-0.05, 0) is 48.6 Å². The SMILES string of the molecule is CCc1cc(NCC(C)(C)CCN)ccc1OC. The molecule has 0 amide bonds. The second kappa shape index (κ2) is 6.64. The number of nitrogens with two attached hydrogens (primary N) is 1. The Bertz CT molecular complexity index is 375. The molecule has 0 heterocycles. The van der Waals surface area contributed by atoms with E-state index in [0.717, 1.165) is 37.4 Å². The molecule has 102 valence electrons. The summed E-state index contributed by atoms with van der Waals surface area (Å²) in [6.07, 6.45) is 2.00. The number of rotatable bonds is 7. The zero-order valence-electron chi connectivity index (χ0n) is 12.0. The van der Waals surface area contributed by atoms with Gasteiger partial charge in [-0.1, -0.05) is 20.8 Å². The molecule has 0 spiro atoms. The Morgan fingerprint density at radius 1 is 1.33 bits per heavy atom. The van der Waals surface area contributed by atoms with E-state index >= 15 is 0 Å². The Balaban J connectivity index is 2.68. The quantitative estimate of drug-likeness (QED) is 0.782. The second-order valence-corrected chi connectivity index (χ2v) is 5.44. The average Bonchev–Trinajstić information content (AvgIpc) is 2.36. The molecule has 1 aromatic carbocycles. The number of benzene rings is 1. The van der Waals surface area contributed by atoms with Crippen LogP contribution in [0.15, 0.2) is 18.2 Å². The molecule has 3 nitrogen and oxygen atoms in total. The van der Waals surface area contributed by atoms with Crippen LogP contribution in [0.1, 0.15) is 32.8 Å². The second-order valence-electron chi connectivity index (χ2n) is 5.44. The fraction of sp³-hybridized carbons (Fsp3) is 0.600. The highest BCUT2D eigenvalue weighted by Crippen LogP contribution is 2.25. The molecule has 0 radical (unpaired) electrons. The molecule has 0 unspecified atom stereocenters. The first kappa shape index (κ1) is 14.8. The molecule has 0 aromatic heterocycles. The summed E-state index contributed by atoms with van der Waals surface area (Å²) >= 11 is 0. The van der Waals surface area contributed by atoms with Gasteiger partial charge in [0.2, 0.25) is 0 Å². The third kappa shape index (κ3) is 4.22. The van der Waals surface area contributed by atoms with E-state index in [0.29, 0.717) is 0 Å².